The lowest BCUT2D eigenvalue weighted by Gasteiger charge is -2.18. The lowest BCUT2D eigenvalue weighted by Crippen LogP contribution is -2.34. The van der Waals surface area contributed by atoms with Crippen LogP contribution in [-0.2, 0) is 11.2 Å². The lowest BCUT2D eigenvalue weighted by molar-refractivity contribution is -0.121. The van der Waals surface area contributed by atoms with Crippen LogP contribution in [0.1, 0.15) is 42.6 Å². The molecule has 1 amide bonds. The molecule has 0 aliphatic heterocycles. The number of hydrogen-bond donors (Lipinski definition) is 2. The summed E-state index contributed by atoms with van der Waals surface area (Å²) in [6.07, 6.45) is -0.168. The molecule has 3 aromatic rings. The molecule has 0 fully saturated rings. The number of aliphatic hydroxyl groups excluding tert-OH is 1. The molecular weight excluding hydrogens is 401 g/mol. The van der Waals surface area contributed by atoms with E-state index in [-0.39, 0.29) is 37.0 Å². The average Bonchev–Trinajstić information content (AvgIpc) is 2.73. The Kier molecular flexibility index (Phi) is 7.07. The second kappa shape index (κ2) is 9.75. The first-order chi connectivity index (χ1) is 14.8. The van der Waals surface area contributed by atoms with Crippen molar-refractivity contribution in [1.29, 1.82) is 0 Å². The van der Waals surface area contributed by atoms with Crippen LogP contribution in [0.25, 0.3) is 11.0 Å². The van der Waals surface area contributed by atoms with Crippen LogP contribution in [0.15, 0.2) is 51.7 Å². The number of carbonyl (C=O) groups is 1. The number of carbonyl (C=O) groups excluding carboxylic acids is 1. The Morgan fingerprint density at radius 2 is 1.94 bits per heavy atom. The number of fused-ring (bicyclic) bond motifs is 1. The third-order valence-electron chi connectivity index (χ3n) is 5.34. The molecule has 0 bridgehead atoms. The van der Waals surface area contributed by atoms with E-state index in [1.54, 1.807) is 26.2 Å². The predicted molar refractivity (Wildman–Crippen MR) is 116 cm³/mol. The number of methoxy groups -OCH3 is 1. The fourth-order valence-corrected chi connectivity index (χ4v) is 3.59. The third-order valence-corrected chi connectivity index (χ3v) is 5.34. The van der Waals surface area contributed by atoms with Gasteiger partial charge < -0.3 is 19.6 Å². The number of rotatable bonds is 8. The maximum atomic E-state index is 13.0. The van der Waals surface area contributed by atoms with Gasteiger partial charge in [-0.3, -0.25) is 4.79 Å². The molecule has 0 radical (unpaired) electrons. The lowest BCUT2D eigenvalue weighted by atomic mass is 10.0. The molecule has 164 valence electrons. The third kappa shape index (κ3) is 5.49. The van der Waals surface area contributed by atoms with Gasteiger partial charge in [-0.25, -0.2) is 9.18 Å². The number of nitrogens with one attached hydrogen (secondary N) is 1. The zero-order chi connectivity index (χ0) is 22.5. The van der Waals surface area contributed by atoms with Gasteiger partial charge in [0.05, 0.1) is 13.2 Å². The number of aryl methyl sites for hydroxylation is 1. The number of benzene rings is 2. The molecule has 3 rings (SSSR count). The summed E-state index contributed by atoms with van der Waals surface area (Å²) in [4.78, 5) is 24.8. The topological polar surface area (TPSA) is 88.8 Å². The number of ether oxygens (including phenoxy) is 1. The summed E-state index contributed by atoms with van der Waals surface area (Å²) in [5, 5.41) is 13.9. The van der Waals surface area contributed by atoms with Crippen molar-refractivity contribution in [2.24, 2.45) is 0 Å². The highest BCUT2D eigenvalue weighted by molar-refractivity contribution is 5.82. The van der Waals surface area contributed by atoms with Crippen molar-refractivity contribution >= 4 is 16.9 Å². The van der Waals surface area contributed by atoms with Crippen molar-refractivity contribution < 1.29 is 23.4 Å². The molecule has 7 heteroatoms. The highest BCUT2D eigenvalue weighted by Crippen LogP contribution is 2.24. The smallest absolute Gasteiger partial charge is 0.339 e. The van der Waals surface area contributed by atoms with Gasteiger partial charge in [0, 0.05) is 29.5 Å². The number of hydrogen-bond acceptors (Lipinski definition) is 5. The molecule has 2 aromatic carbocycles. The molecule has 1 aromatic heterocycles. The standard InChI is InChI=1S/C24H26FNO5/c1-14(12-21(27)16-4-6-17(25)7-5-16)26-23(28)11-10-20-15(2)19-9-8-18(30-3)13-22(19)31-24(20)29/h4-9,13-14,21,27H,10-12H2,1-3H3,(H,26,28)/t14-,21-/m1/s1. The molecular formula is C24H26FNO5. The minimum Gasteiger partial charge on any atom is -0.497 e. The second-order valence-corrected chi connectivity index (χ2v) is 7.63. The molecule has 6 nitrogen and oxygen atoms in total. The van der Waals surface area contributed by atoms with Crippen molar-refractivity contribution in [2.75, 3.05) is 7.11 Å². The van der Waals surface area contributed by atoms with Crippen LogP contribution in [0.3, 0.4) is 0 Å². The Morgan fingerprint density at radius 1 is 1.23 bits per heavy atom. The van der Waals surface area contributed by atoms with Crippen LogP contribution in [-0.4, -0.2) is 24.2 Å². The fraction of sp³-hybridized carbons (Fsp3) is 0.333. The molecule has 0 unspecified atom stereocenters. The van der Waals surface area contributed by atoms with Crippen molar-refractivity contribution in [3.05, 3.63) is 75.4 Å². The van der Waals surface area contributed by atoms with Crippen LogP contribution in [0.5, 0.6) is 5.75 Å². The Labute approximate surface area is 179 Å². The van der Waals surface area contributed by atoms with E-state index in [0.29, 0.717) is 22.5 Å². The van der Waals surface area contributed by atoms with E-state index in [0.717, 1.165) is 10.9 Å². The quantitative estimate of drug-likeness (QED) is 0.534. The molecule has 0 spiro atoms. The van der Waals surface area contributed by atoms with E-state index in [1.807, 2.05) is 13.0 Å². The Hall–Kier alpha value is -3.19. The summed E-state index contributed by atoms with van der Waals surface area (Å²) in [5.74, 6) is -0.00340. The highest BCUT2D eigenvalue weighted by Gasteiger charge is 2.17. The van der Waals surface area contributed by atoms with E-state index < -0.39 is 11.7 Å². The van der Waals surface area contributed by atoms with Crippen LogP contribution in [0.2, 0.25) is 0 Å². The largest absolute Gasteiger partial charge is 0.497 e. The number of halogens is 1. The molecule has 31 heavy (non-hydrogen) atoms. The van der Waals surface area contributed by atoms with Gasteiger partial charge in [-0.1, -0.05) is 12.1 Å². The summed E-state index contributed by atoms with van der Waals surface area (Å²) in [5.41, 5.74) is 1.81. The fourth-order valence-electron chi connectivity index (χ4n) is 3.59. The normalized spacial score (nSPS) is 13.1. The Morgan fingerprint density at radius 3 is 2.61 bits per heavy atom. The molecule has 2 atom stereocenters. The van der Waals surface area contributed by atoms with E-state index >= 15 is 0 Å². The summed E-state index contributed by atoms with van der Waals surface area (Å²) in [7, 11) is 1.54. The molecule has 0 aliphatic rings. The zero-order valence-corrected chi connectivity index (χ0v) is 17.8. The van der Waals surface area contributed by atoms with Crippen LogP contribution < -0.4 is 15.7 Å². The Bertz CT molecular complexity index is 1120. The minimum absolute atomic E-state index is 0.115. The van der Waals surface area contributed by atoms with E-state index in [1.165, 1.54) is 24.3 Å². The first-order valence-corrected chi connectivity index (χ1v) is 10.1. The SMILES string of the molecule is COc1ccc2c(C)c(CCC(=O)N[C@H](C)C[C@@H](O)c3ccc(F)cc3)c(=O)oc2c1. The van der Waals surface area contributed by atoms with Crippen molar-refractivity contribution in [1.82, 2.24) is 5.32 Å². The van der Waals surface area contributed by atoms with Gasteiger partial charge in [0.1, 0.15) is 17.1 Å². The summed E-state index contributed by atoms with van der Waals surface area (Å²) in [6.45, 7) is 3.62. The first-order valence-electron chi connectivity index (χ1n) is 10.1. The van der Waals surface area contributed by atoms with Crippen LogP contribution >= 0.6 is 0 Å². The van der Waals surface area contributed by atoms with Gasteiger partial charge in [-0.05, 0) is 62.1 Å². The van der Waals surface area contributed by atoms with Gasteiger partial charge in [-0.15, -0.1) is 0 Å². The van der Waals surface area contributed by atoms with Crippen molar-refractivity contribution in [3.8, 4) is 5.75 Å². The first kappa shape index (κ1) is 22.5. The highest BCUT2D eigenvalue weighted by atomic mass is 19.1. The second-order valence-electron chi connectivity index (χ2n) is 7.63. The van der Waals surface area contributed by atoms with Crippen LogP contribution in [0.4, 0.5) is 4.39 Å². The molecule has 1 heterocycles. The van der Waals surface area contributed by atoms with E-state index in [4.69, 9.17) is 9.15 Å². The van der Waals surface area contributed by atoms with Crippen molar-refractivity contribution in [2.45, 2.75) is 45.3 Å². The molecule has 2 N–H and O–H groups in total. The van der Waals surface area contributed by atoms with Gasteiger partial charge in [-0.2, -0.15) is 0 Å². The summed E-state index contributed by atoms with van der Waals surface area (Å²) in [6, 6.07) is 10.6. The minimum atomic E-state index is -0.817. The maximum absolute atomic E-state index is 13.0. The van der Waals surface area contributed by atoms with E-state index in [9.17, 15) is 19.1 Å². The van der Waals surface area contributed by atoms with Crippen molar-refractivity contribution in [3.63, 3.8) is 0 Å². The Balaban J connectivity index is 1.60. The van der Waals surface area contributed by atoms with E-state index in [2.05, 4.69) is 5.32 Å². The molecule has 0 aliphatic carbocycles. The van der Waals surface area contributed by atoms with Gasteiger partial charge in [0.2, 0.25) is 5.91 Å². The number of amides is 1. The van der Waals surface area contributed by atoms with Crippen LogP contribution in [0, 0.1) is 12.7 Å². The number of aliphatic hydroxyl groups is 1. The summed E-state index contributed by atoms with van der Waals surface area (Å²) < 4.78 is 23.6. The monoisotopic (exact) mass is 427 g/mol. The average molecular weight is 427 g/mol. The zero-order valence-electron chi connectivity index (χ0n) is 17.8. The molecule has 0 saturated carbocycles. The summed E-state index contributed by atoms with van der Waals surface area (Å²) >= 11 is 0. The van der Waals surface area contributed by atoms with Gasteiger partial charge in [0.25, 0.3) is 0 Å². The maximum Gasteiger partial charge on any atom is 0.339 e. The van der Waals surface area contributed by atoms with Gasteiger partial charge in [0.15, 0.2) is 0 Å². The van der Waals surface area contributed by atoms with Gasteiger partial charge >= 0.3 is 5.63 Å². The molecule has 0 saturated heterocycles. The predicted octanol–water partition coefficient (Wildman–Crippen LogP) is 3.81.